The Morgan fingerprint density at radius 1 is 1.11 bits per heavy atom. The smallest absolute Gasteiger partial charge is 0.151 e. The van der Waals surface area contributed by atoms with Crippen molar-refractivity contribution in [3.63, 3.8) is 0 Å². The van der Waals surface area contributed by atoms with Crippen LogP contribution in [-0.2, 0) is 0 Å². The Bertz CT molecular complexity index is 439. The van der Waals surface area contributed by atoms with E-state index in [-0.39, 0.29) is 0 Å². The topological polar surface area (TPSA) is 42.2 Å². The van der Waals surface area contributed by atoms with Crippen molar-refractivity contribution in [2.45, 2.75) is 51.9 Å². The van der Waals surface area contributed by atoms with Crippen LogP contribution in [0.5, 0.6) is 0 Å². The third kappa shape index (κ3) is 2.56. The van der Waals surface area contributed by atoms with Crippen LogP contribution in [0.4, 0.5) is 11.5 Å². The van der Waals surface area contributed by atoms with E-state index in [9.17, 15) is 0 Å². The molecule has 3 rings (SSSR count). The van der Waals surface area contributed by atoms with Crippen molar-refractivity contribution in [1.82, 2.24) is 4.98 Å². The third-order valence-corrected chi connectivity index (χ3v) is 5.07. The lowest BCUT2D eigenvalue weighted by Crippen LogP contribution is -2.41. The Morgan fingerprint density at radius 2 is 1.79 bits per heavy atom. The number of nitrogens with two attached hydrogens (primary N) is 1. The Morgan fingerprint density at radius 3 is 2.42 bits per heavy atom. The van der Waals surface area contributed by atoms with E-state index >= 15 is 0 Å². The van der Waals surface area contributed by atoms with Gasteiger partial charge in [-0.2, -0.15) is 0 Å². The van der Waals surface area contributed by atoms with Gasteiger partial charge in [0, 0.05) is 19.3 Å². The zero-order chi connectivity index (χ0) is 13.3. The van der Waals surface area contributed by atoms with E-state index < -0.39 is 0 Å². The number of hydrogen-bond acceptors (Lipinski definition) is 3. The van der Waals surface area contributed by atoms with Crippen LogP contribution in [0.1, 0.15) is 50.5 Å². The van der Waals surface area contributed by atoms with Crippen molar-refractivity contribution in [2.75, 3.05) is 23.7 Å². The van der Waals surface area contributed by atoms with E-state index in [1.165, 1.54) is 44.9 Å². The first-order valence-electron chi connectivity index (χ1n) is 7.66. The molecule has 0 atom stereocenters. The van der Waals surface area contributed by atoms with Crippen LogP contribution >= 0.6 is 0 Å². The van der Waals surface area contributed by atoms with Crippen LogP contribution < -0.4 is 10.6 Å². The van der Waals surface area contributed by atoms with Gasteiger partial charge >= 0.3 is 0 Å². The highest BCUT2D eigenvalue weighted by atomic mass is 15.2. The lowest BCUT2D eigenvalue weighted by Gasteiger charge is -2.44. The second kappa shape index (κ2) is 5.03. The molecule has 1 aromatic heterocycles. The molecule has 104 valence electrons. The molecule has 1 saturated heterocycles. The summed E-state index contributed by atoms with van der Waals surface area (Å²) >= 11 is 0. The largest absolute Gasteiger partial charge is 0.396 e. The molecular formula is C16H25N3. The Kier molecular flexibility index (Phi) is 3.38. The lowest BCUT2D eigenvalue weighted by molar-refractivity contribution is 0.144. The molecule has 19 heavy (non-hydrogen) atoms. The van der Waals surface area contributed by atoms with E-state index in [2.05, 4.69) is 9.88 Å². The lowest BCUT2D eigenvalue weighted by atomic mass is 9.68. The van der Waals surface area contributed by atoms with Crippen molar-refractivity contribution in [2.24, 2.45) is 5.41 Å². The quantitative estimate of drug-likeness (QED) is 0.839. The first kappa shape index (κ1) is 12.8. The van der Waals surface area contributed by atoms with Crippen LogP contribution in [0.2, 0.25) is 0 Å². The van der Waals surface area contributed by atoms with Gasteiger partial charge in [0.15, 0.2) is 5.82 Å². The van der Waals surface area contributed by atoms with Crippen LogP contribution in [0.25, 0.3) is 0 Å². The molecule has 0 bridgehead atoms. The predicted octanol–water partition coefficient (Wildman–Crippen LogP) is 3.52. The van der Waals surface area contributed by atoms with Crippen molar-refractivity contribution >= 4 is 11.5 Å². The summed E-state index contributed by atoms with van der Waals surface area (Å²) in [5, 5.41) is 0. The minimum atomic E-state index is 0.647. The van der Waals surface area contributed by atoms with Crippen molar-refractivity contribution in [1.29, 1.82) is 0 Å². The molecule has 2 aliphatic rings. The van der Waals surface area contributed by atoms with Gasteiger partial charge in [0.25, 0.3) is 0 Å². The zero-order valence-electron chi connectivity index (χ0n) is 12.0. The average Bonchev–Trinajstić information content (AvgIpc) is 2.41. The van der Waals surface area contributed by atoms with Crippen LogP contribution in [0.15, 0.2) is 12.3 Å². The zero-order valence-corrected chi connectivity index (χ0v) is 12.0. The molecule has 2 fully saturated rings. The van der Waals surface area contributed by atoms with Gasteiger partial charge in [-0.15, -0.1) is 0 Å². The molecule has 3 heteroatoms. The first-order chi connectivity index (χ1) is 9.19. The molecule has 0 amide bonds. The maximum Gasteiger partial charge on any atom is 0.151 e. The van der Waals surface area contributed by atoms with Crippen molar-refractivity contribution in [3.05, 3.63) is 17.8 Å². The molecular weight excluding hydrogens is 234 g/mol. The molecule has 1 aliphatic heterocycles. The normalized spacial score (nSPS) is 22.7. The van der Waals surface area contributed by atoms with Gasteiger partial charge < -0.3 is 10.6 Å². The van der Waals surface area contributed by atoms with Gasteiger partial charge in [-0.3, -0.25) is 0 Å². The second-order valence-corrected chi connectivity index (χ2v) is 6.47. The van der Waals surface area contributed by atoms with E-state index in [0.717, 1.165) is 30.2 Å². The molecule has 3 nitrogen and oxygen atoms in total. The fourth-order valence-electron chi connectivity index (χ4n) is 3.84. The maximum absolute atomic E-state index is 6.12. The van der Waals surface area contributed by atoms with Gasteiger partial charge in [0.1, 0.15) is 0 Å². The molecule has 2 heterocycles. The monoisotopic (exact) mass is 259 g/mol. The first-order valence-corrected chi connectivity index (χ1v) is 7.66. The number of aromatic nitrogens is 1. The minimum absolute atomic E-state index is 0.647. The average molecular weight is 259 g/mol. The van der Waals surface area contributed by atoms with Gasteiger partial charge in [0.05, 0.1) is 5.69 Å². The molecule has 1 spiro atoms. The number of aryl methyl sites for hydroxylation is 1. The highest BCUT2D eigenvalue weighted by Gasteiger charge is 2.35. The third-order valence-electron chi connectivity index (χ3n) is 5.07. The SMILES string of the molecule is Cc1cnc(N2CCC3(CCCCC3)CC2)c(N)c1. The summed E-state index contributed by atoms with van der Waals surface area (Å²) in [6.45, 7) is 4.29. The number of pyridine rings is 1. The number of nitrogens with zero attached hydrogens (tertiary/aromatic N) is 2. The number of hydrogen-bond donors (Lipinski definition) is 1. The number of anilines is 2. The summed E-state index contributed by atoms with van der Waals surface area (Å²) in [4.78, 5) is 6.92. The Balaban J connectivity index is 1.69. The number of rotatable bonds is 1. The molecule has 1 aliphatic carbocycles. The summed E-state index contributed by atoms with van der Waals surface area (Å²) in [5.74, 6) is 0.997. The van der Waals surface area contributed by atoms with Gasteiger partial charge in [-0.25, -0.2) is 4.98 Å². The van der Waals surface area contributed by atoms with Gasteiger partial charge in [0.2, 0.25) is 0 Å². The molecule has 0 radical (unpaired) electrons. The predicted molar refractivity (Wildman–Crippen MR) is 80.4 cm³/mol. The highest BCUT2D eigenvalue weighted by molar-refractivity contribution is 5.63. The Labute approximate surface area is 116 Å². The fraction of sp³-hybridized carbons (Fsp3) is 0.688. The summed E-state index contributed by atoms with van der Waals surface area (Å²) in [6, 6.07) is 2.04. The van der Waals surface area contributed by atoms with E-state index in [4.69, 9.17) is 5.73 Å². The number of nitrogen functional groups attached to an aromatic ring is 1. The minimum Gasteiger partial charge on any atom is -0.396 e. The van der Waals surface area contributed by atoms with Crippen molar-refractivity contribution < 1.29 is 0 Å². The van der Waals surface area contributed by atoms with E-state index in [0.29, 0.717) is 5.41 Å². The van der Waals surface area contributed by atoms with Gasteiger partial charge in [-0.1, -0.05) is 19.3 Å². The standard InChI is InChI=1S/C16H25N3/c1-13-11-14(17)15(18-12-13)19-9-7-16(8-10-19)5-3-2-4-6-16/h11-12H,2-10,17H2,1H3. The summed E-state index contributed by atoms with van der Waals surface area (Å²) < 4.78 is 0. The molecule has 1 saturated carbocycles. The second-order valence-electron chi connectivity index (χ2n) is 6.47. The van der Waals surface area contributed by atoms with Gasteiger partial charge in [-0.05, 0) is 49.7 Å². The molecule has 2 N–H and O–H groups in total. The van der Waals surface area contributed by atoms with E-state index in [1.807, 2.05) is 19.2 Å². The number of piperidine rings is 1. The van der Waals surface area contributed by atoms with Crippen LogP contribution in [0, 0.1) is 12.3 Å². The molecule has 0 aromatic carbocycles. The molecule has 0 unspecified atom stereocenters. The fourth-order valence-corrected chi connectivity index (χ4v) is 3.84. The van der Waals surface area contributed by atoms with Crippen LogP contribution in [0.3, 0.4) is 0 Å². The molecule has 1 aromatic rings. The summed E-state index contributed by atoms with van der Waals surface area (Å²) in [7, 11) is 0. The van der Waals surface area contributed by atoms with Crippen LogP contribution in [-0.4, -0.2) is 18.1 Å². The highest BCUT2D eigenvalue weighted by Crippen LogP contribution is 2.45. The maximum atomic E-state index is 6.12. The Hall–Kier alpha value is -1.25. The van der Waals surface area contributed by atoms with Crippen molar-refractivity contribution in [3.8, 4) is 0 Å². The van der Waals surface area contributed by atoms with E-state index in [1.54, 1.807) is 0 Å². The summed E-state index contributed by atoms with van der Waals surface area (Å²) in [5.41, 5.74) is 8.74. The summed E-state index contributed by atoms with van der Waals surface area (Å²) in [6.07, 6.45) is 11.8.